The van der Waals surface area contributed by atoms with Gasteiger partial charge < -0.3 is 4.74 Å². The number of carbonyl (C=O) groups is 2. The molecule has 0 saturated carbocycles. The van der Waals surface area contributed by atoms with Gasteiger partial charge in [0.15, 0.2) is 11.6 Å². The van der Waals surface area contributed by atoms with Gasteiger partial charge in [0.2, 0.25) is 0 Å². The molecule has 5 heteroatoms. The van der Waals surface area contributed by atoms with Crippen LogP contribution in [-0.2, 0) is 9.53 Å². The van der Waals surface area contributed by atoms with E-state index in [4.69, 9.17) is 16.3 Å². The van der Waals surface area contributed by atoms with E-state index in [1.165, 1.54) is 18.2 Å². The topological polar surface area (TPSA) is 43.4 Å². The molecule has 0 bridgehead atoms. The first-order chi connectivity index (χ1) is 9.06. The zero-order valence-corrected chi connectivity index (χ0v) is 11.5. The number of benzene rings is 1. The molecule has 19 heavy (non-hydrogen) atoms. The van der Waals surface area contributed by atoms with Gasteiger partial charge in [-0.15, -0.1) is 0 Å². The van der Waals surface area contributed by atoms with Crippen molar-refractivity contribution in [1.29, 1.82) is 0 Å². The average Bonchev–Trinajstić information content (AvgIpc) is 2.39. The van der Waals surface area contributed by atoms with Crippen LogP contribution >= 0.6 is 11.6 Å². The van der Waals surface area contributed by atoms with Gasteiger partial charge in [0, 0.05) is 6.42 Å². The lowest BCUT2D eigenvalue weighted by Crippen LogP contribution is -2.10. The summed E-state index contributed by atoms with van der Waals surface area (Å²) in [4.78, 5) is 23.1. The van der Waals surface area contributed by atoms with Crippen LogP contribution in [0.2, 0.25) is 5.02 Å². The molecule has 0 atom stereocenters. The van der Waals surface area contributed by atoms with Crippen molar-refractivity contribution >= 4 is 23.4 Å². The van der Waals surface area contributed by atoms with E-state index in [1.54, 1.807) is 0 Å². The molecule has 0 aliphatic carbocycles. The Kier molecular flexibility index (Phi) is 6.50. The second-order valence-electron chi connectivity index (χ2n) is 4.10. The molecule has 0 N–H and O–H groups in total. The monoisotopic (exact) mass is 286 g/mol. The van der Waals surface area contributed by atoms with E-state index in [1.807, 2.05) is 6.92 Å². The third-order valence-corrected chi connectivity index (χ3v) is 2.86. The van der Waals surface area contributed by atoms with Gasteiger partial charge in [-0.1, -0.05) is 31.0 Å². The van der Waals surface area contributed by atoms with Crippen molar-refractivity contribution in [2.75, 3.05) is 6.61 Å². The Morgan fingerprint density at radius 2 is 2.05 bits per heavy atom. The fourth-order valence-electron chi connectivity index (χ4n) is 1.47. The Labute approximate surface area is 116 Å². The first-order valence-corrected chi connectivity index (χ1v) is 6.57. The van der Waals surface area contributed by atoms with Gasteiger partial charge in [-0.05, 0) is 18.6 Å². The largest absolute Gasteiger partial charge is 0.466 e. The number of ether oxygens (including phenoxy) is 1. The Morgan fingerprint density at radius 1 is 1.32 bits per heavy atom. The van der Waals surface area contributed by atoms with Crippen LogP contribution in [-0.4, -0.2) is 18.4 Å². The normalized spacial score (nSPS) is 10.3. The first-order valence-electron chi connectivity index (χ1n) is 6.19. The maximum absolute atomic E-state index is 13.6. The number of carbonyl (C=O) groups excluding carboxylic acids is 2. The van der Waals surface area contributed by atoms with Crippen LogP contribution in [0.1, 0.15) is 43.0 Å². The smallest absolute Gasteiger partial charge is 0.306 e. The van der Waals surface area contributed by atoms with Crippen molar-refractivity contribution in [2.45, 2.75) is 32.6 Å². The van der Waals surface area contributed by atoms with Gasteiger partial charge in [-0.25, -0.2) is 4.39 Å². The molecule has 1 rings (SSSR count). The van der Waals surface area contributed by atoms with E-state index in [9.17, 15) is 14.0 Å². The maximum atomic E-state index is 13.6. The van der Waals surface area contributed by atoms with Crippen LogP contribution in [0.5, 0.6) is 0 Å². The van der Waals surface area contributed by atoms with E-state index in [-0.39, 0.29) is 23.4 Å². The zero-order valence-electron chi connectivity index (χ0n) is 10.7. The van der Waals surface area contributed by atoms with Crippen molar-refractivity contribution in [3.8, 4) is 0 Å². The highest BCUT2D eigenvalue weighted by atomic mass is 35.5. The molecule has 0 heterocycles. The summed E-state index contributed by atoms with van der Waals surface area (Å²) in [6, 6.07) is 4.22. The lowest BCUT2D eigenvalue weighted by molar-refractivity contribution is -0.143. The first kappa shape index (κ1) is 15.6. The summed E-state index contributed by atoms with van der Waals surface area (Å²) in [5.74, 6) is -1.63. The zero-order chi connectivity index (χ0) is 14.3. The standard InChI is InChI=1S/C14H16ClFO3/c1-2-3-9-19-13(18)8-7-12(17)10-5-4-6-11(15)14(10)16/h4-6H,2-3,7-9H2,1H3. The lowest BCUT2D eigenvalue weighted by atomic mass is 10.1. The van der Waals surface area contributed by atoms with Crippen LogP contribution in [0, 0.1) is 5.82 Å². The minimum absolute atomic E-state index is 0.0471. The van der Waals surface area contributed by atoms with Gasteiger partial charge in [-0.3, -0.25) is 9.59 Å². The van der Waals surface area contributed by atoms with Crippen LogP contribution in [0.3, 0.4) is 0 Å². The summed E-state index contributed by atoms with van der Waals surface area (Å²) >= 11 is 5.59. The van der Waals surface area contributed by atoms with Gasteiger partial charge in [0.25, 0.3) is 0 Å². The van der Waals surface area contributed by atoms with Gasteiger partial charge >= 0.3 is 5.97 Å². The molecule has 0 aromatic heterocycles. The molecular weight excluding hydrogens is 271 g/mol. The predicted molar refractivity (Wildman–Crippen MR) is 70.8 cm³/mol. The second-order valence-corrected chi connectivity index (χ2v) is 4.51. The number of halogens is 2. The number of hydrogen-bond acceptors (Lipinski definition) is 3. The van der Waals surface area contributed by atoms with Crippen LogP contribution < -0.4 is 0 Å². The average molecular weight is 287 g/mol. The van der Waals surface area contributed by atoms with Crippen LogP contribution in [0.15, 0.2) is 18.2 Å². The molecule has 1 aromatic rings. The quantitative estimate of drug-likeness (QED) is 0.435. The minimum Gasteiger partial charge on any atom is -0.466 e. The van der Waals surface area contributed by atoms with Crippen molar-refractivity contribution in [2.24, 2.45) is 0 Å². The van der Waals surface area contributed by atoms with Gasteiger partial charge in [0.1, 0.15) is 0 Å². The fraction of sp³-hybridized carbons (Fsp3) is 0.429. The number of hydrogen-bond donors (Lipinski definition) is 0. The molecule has 0 saturated heterocycles. The van der Waals surface area contributed by atoms with E-state index in [0.717, 1.165) is 12.8 Å². The summed E-state index contributed by atoms with van der Waals surface area (Å²) in [7, 11) is 0. The molecule has 0 aliphatic heterocycles. The molecule has 0 aliphatic rings. The highest BCUT2D eigenvalue weighted by Gasteiger charge is 2.15. The van der Waals surface area contributed by atoms with Gasteiger partial charge in [0.05, 0.1) is 23.6 Å². The number of Topliss-reactive ketones (excluding diaryl/α,β-unsaturated/α-hetero) is 1. The Morgan fingerprint density at radius 3 is 2.74 bits per heavy atom. The highest BCUT2D eigenvalue weighted by molar-refractivity contribution is 6.31. The van der Waals surface area contributed by atoms with Crippen molar-refractivity contribution in [3.05, 3.63) is 34.6 Å². The van der Waals surface area contributed by atoms with Crippen LogP contribution in [0.25, 0.3) is 0 Å². The molecular formula is C14H16ClFO3. The molecule has 0 spiro atoms. The van der Waals surface area contributed by atoms with E-state index < -0.39 is 17.6 Å². The second kappa shape index (κ2) is 7.89. The summed E-state index contributed by atoms with van der Waals surface area (Å²) < 4.78 is 18.5. The SMILES string of the molecule is CCCCOC(=O)CCC(=O)c1cccc(Cl)c1F. The molecule has 3 nitrogen and oxygen atoms in total. The maximum Gasteiger partial charge on any atom is 0.306 e. The third kappa shape index (κ3) is 4.99. The van der Waals surface area contributed by atoms with Crippen LogP contribution in [0.4, 0.5) is 4.39 Å². The summed E-state index contributed by atoms with van der Waals surface area (Å²) in [6.45, 7) is 2.34. The van der Waals surface area contributed by atoms with Crippen molar-refractivity contribution in [3.63, 3.8) is 0 Å². The number of unbranched alkanes of at least 4 members (excludes halogenated alkanes) is 1. The summed E-state index contributed by atoms with van der Waals surface area (Å²) in [5.41, 5.74) is -0.0890. The Balaban J connectivity index is 2.47. The third-order valence-electron chi connectivity index (χ3n) is 2.57. The summed E-state index contributed by atoms with van der Waals surface area (Å²) in [5, 5.41) is -0.101. The Bertz CT molecular complexity index is 460. The predicted octanol–water partition coefficient (Wildman–Crippen LogP) is 3.79. The highest BCUT2D eigenvalue weighted by Crippen LogP contribution is 2.19. The minimum atomic E-state index is -0.742. The lowest BCUT2D eigenvalue weighted by Gasteiger charge is -2.05. The Hall–Kier alpha value is -1.42. The number of rotatable bonds is 7. The molecule has 0 unspecified atom stereocenters. The number of esters is 1. The molecule has 104 valence electrons. The molecule has 0 radical (unpaired) electrons. The summed E-state index contributed by atoms with van der Waals surface area (Å²) in [6.07, 6.45) is 1.60. The van der Waals surface area contributed by atoms with E-state index in [0.29, 0.717) is 6.61 Å². The fourth-order valence-corrected chi connectivity index (χ4v) is 1.65. The molecule has 0 amide bonds. The number of ketones is 1. The molecule has 0 fully saturated rings. The van der Waals surface area contributed by atoms with E-state index >= 15 is 0 Å². The molecule has 1 aromatic carbocycles. The van der Waals surface area contributed by atoms with Crippen molar-refractivity contribution in [1.82, 2.24) is 0 Å². The van der Waals surface area contributed by atoms with E-state index in [2.05, 4.69) is 0 Å². The van der Waals surface area contributed by atoms with Crippen molar-refractivity contribution < 1.29 is 18.7 Å². The van der Waals surface area contributed by atoms with Gasteiger partial charge in [-0.2, -0.15) is 0 Å².